The molecule has 0 spiro atoms. The van der Waals surface area contributed by atoms with Crippen molar-refractivity contribution in [2.45, 2.75) is 46.1 Å². The maximum Gasteiger partial charge on any atom is 0.251 e. The third-order valence-electron chi connectivity index (χ3n) is 3.41. The number of benzene rings is 1. The van der Waals surface area contributed by atoms with Crippen LogP contribution in [0.3, 0.4) is 0 Å². The normalized spacial score (nSPS) is 11.8. The Kier molecular flexibility index (Phi) is 8.22. The Morgan fingerprint density at radius 3 is 2.41 bits per heavy atom. The first-order valence-corrected chi connectivity index (χ1v) is 7.98. The zero-order chi connectivity index (χ0) is 16.4. The summed E-state index contributed by atoms with van der Waals surface area (Å²) in [5, 5.41) is 8.80. The first kappa shape index (κ1) is 18.2. The van der Waals surface area contributed by atoms with Crippen molar-refractivity contribution in [2.24, 2.45) is 0 Å². The Labute approximate surface area is 132 Å². The molecule has 1 atom stereocenters. The van der Waals surface area contributed by atoms with Gasteiger partial charge < -0.3 is 16.0 Å². The summed E-state index contributed by atoms with van der Waals surface area (Å²) in [6, 6.07) is 7.08. The van der Waals surface area contributed by atoms with Gasteiger partial charge in [0.05, 0.1) is 6.54 Å². The van der Waals surface area contributed by atoms with E-state index in [2.05, 4.69) is 22.9 Å². The number of nitrogens with one attached hydrogen (secondary N) is 3. The van der Waals surface area contributed by atoms with Crippen LogP contribution < -0.4 is 16.0 Å². The highest BCUT2D eigenvalue weighted by Gasteiger charge is 2.08. The van der Waals surface area contributed by atoms with Crippen LogP contribution in [0.15, 0.2) is 24.3 Å². The van der Waals surface area contributed by atoms with Gasteiger partial charge in [-0.25, -0.2) is 0 Å². The van der Waals surface area contributed by atoms with Crippen molar-refractivity contribution in [2.75, 3.05) is 18.4 Å². The largest absolute Gasteiger partial charge is 0.350 e. The highest BCUT2D eigenvalue weighted by atomic mass is 16.2. The van der Waals surface area contributed by atoms with E-state index in [4.69, 9.17) is 0 Å². The second-order valence-electron chi connectivity index (χ2n) is 5.44. The lowest BCUT2D eigenvalue weighted by molar-refractivity contribution is -0.115. The van der Waals surface area contributed by atoms with Crippen LogP contribution in [0.5, 0.6) is 0 Å². The number of hydrogen-bond acceptors (Lipinski definition) is 3. The summed E-state index contributed by atoms with van der Waals surface area (Å²) in [5.41, 5.74) is 1.29. The molecule has 1 unspecified atom stereocenters. The molecule has 5 heteroatoms. The number of carbonyl (C=O) groups excluding carboxylic acids is 2. The van der Waals surface area contributed by atoms with Gasteiger partial charge in [-0.1, -0.05) is 20.3 Å². The fourth-order valence-electron chi connectivity index (χ4n) is 1.82. The molecule has 1 aromatic rings. The maximum atomic E-state index is 11.9. The number of hydrogen-bond donors (Lipinski definition) is 3. The minimum Gasteiger partial charge on any atom is -0.350 e. The van der Waals surface area contributed by atoms with E-state index in [1.54, 1.807) is 24.3 Å². The van der Waals surface area contributed by atoms with Gasteiger partial charge in [-0.05, 0) is 50.6 Å². The molecule has 0 saturated heterocycles. The average Bonchev–Trinajstić information content (AvgIpc) is 2.52. The third-order valence-corrected chi connectivity index (χ3v) is 3.41. The van der Waals surface area contributed by atoms with Gasteiger partial charge in [0.2, 0.25) is 5.91 Å². The van der Waals surface area contributed by atoms with Gasteiger partial charge in [0, 0.05) is 17.3 Å². The van der Waals surface area contributed by atoms with E-state index in [0.717, 1.165) is 25.8 Å². The maximum absolute atomic E-state index is 11.9. The average molecular weight is 305 g/mol. The number of carbonyl (C=O) groups is 2. The van der Waals surface area contributed by atoms with E-state index in [-0.39, 0.29) is 17.9 Å². The molecular weight excluding hydrogens is 278 g/mol. The molecule has 0 aliphatic rings. The van der Waals surface area contributed by atoms with Crippen LogP contribution in [-0.2, 0) is 4.79 Å². The lowest BCUT2D eigenvalue weighted by Crippen LogP contribution is -2.31. The number of unbranched alkanes of at least 4 members (excludes halogenated alkanes) is 1. The van der Waals surface area contributed by atoms with E-state index >= 15 is 0 Å². The van der Waals surface area contributed by atoms with Crippen LogP contribution in [0.2, 0.25) is 0 Å². The highest BCUT2D eigenvalue weighted by molar-refractivity contribution is 5.96. The predicted octanol–water partition coefficient (Wildman–Crippen LogP) is 2.54. The fourth-order valence-corrected chi connectivity index (χ4v) is 1.82. The van der Waals surface area contributed by atoms with Crippen LogP contribution in [0.25, 0.3) is 0 Å². The molecule has 2 amide bonds. The third kappa shape index (κ3) is 6.72. The van der Waals surface area contributed by atoms with Crippen LogP contribution in [0.1, 0.15) is 50.4 Å². The topological polar surface area (TPSA) is 70.2 Å². The van der Waals surface area contributed by atoms with Crippen LogP contribution in [0.4, 0.5) is 5.69 Å². The summed E-state index contributed by atoms with van der Waals surface area (Å²) in [4.78, 5) is 23.7. The Hall–Kier alpha value is -1.88. The fraction of sp³-hybridized carbons (Fsp3) is 0.529. The molecule has 0 aliphatic heterocycles. The lowest BCUT2D eigenvalue weighted by Gasteiger charge is -2.12. The zero-order valence-electron chi connectivity index (χ0n) is 13.7. The summed E-state index contributed by atoms with van der Waals surface area (Å²) < 4.78 is 0. The molecular formula is C17H27N3O2. The molecule has 0 saturated carbocycles. The van der Waals surface area contributed by atoms with Gasteiger partial charge in [-0.15, -0.1) is 0 Å². The molecule has 3 N–H and O–H groups in total. The van der Waals surface area contributed by atoms with E-state index in [1.807, 2.05) is 13.8 Å². The Morgan fingerprint density at radius 2 is 1.82 bits per heavy atom. The van der Waals surface area contributed by atoms with Gasteiger partial charge in [0.1, 0.15) is 0 Å². The van der Waals surface area contributed by atoms with E-state index in [9.17, 15) is 9.59 Å². The Morgan fingerprint density at radius 1 is 1.14 bits per heavy atom. The quantitative estimate of drug-likeness (QED) is 0.614. The second-order valence-corrected chi connectivity index (χ2v) is 5.44. The van der Waals surface area contributed by atoms with Gasteiger partial charge in [-0.2, -0.15) is 0 Å². The zero-order valence-corrected chi connectivity index (χ0v) is 13.7. The summed E-state index contributed by atoms with van der Waals surface area (Å²) in [5.74, 6) is -0.165. The Bertz CT molecular complexity index is 471. The molecule has 1 aromatic carbocycles. The molecule has 122 valence electrons. The Balaban J connectivity index is 2.44. The molecule has 0 heterocycles. The lowest BCUT2D eigenvalue weighted by atomic mass is 10.1. The van der Waals surface area contributed by atoms with E-state index in [1.165, 1.54) is 0 Å². The summed E-state index contributed by atoms with van der Waals surface area (Å²) in [6.07, 6.45) is 3.06. The molecule has 22 heavy (non-hydrogen) atoms. The minimum atomic E-state index is -0.0894. The van der Waals surface area contributed by atoms with Crippen molar-refractivity contribution in [3.05, 3.63) is 29.8 Å². The monoisotopic (exact) mass is 305 g/mol. The molecule has 0 bridgehead atoms. The van der Waals surface area contributed by atoms with Crippen molar-refractivity contribution in [1.29, 1.82) is 0 Å². The SMILES string of the molecule is CCCCNCC(=O)Nc1ccc(C(=O)NC(C)CC)cc1. The standard InChI is InChI=1S/C17H27N3O2/c1-4-6-11-18-12-16(21)20-15-9-7-14(8-10-15)17(22)19-13(3)5-2/h7-10,13,18H,4-6,11-12H2,1-3H3,(H,19,22)(H,20,21). The van der Waals surface area contributed by atoms with Crippen LogP contribution in [0, 0.1) is 0 Å². The van der Waals surface area contributed by atoms with Crippen LogP contribution >= 0.6 is 0 Å². The molecule has 0 radical (unpaired) electrons. The number of amides is 2. The first-order valence-electron chi connectivity index (χ1n) is 7.98. The van der Waals surface area contributed by atoms with Crippen molar-refractivity contribution in [1.82, 2.24) is 10.6 Å². The smallest absolute Gasteiger partial charge is 0.251 e. The van der Waals surface area contributed by atoms with Crippen molar-refractivity contribution < 1.29 is 9.59 Å². The van der Waals surface area contributed by atoms with Gasteiger partial charge >= 0.3 is 0 Å². The van der Waals surface area contributed by atoms with Crippen LogP contribution in [-0.4, -0.2) is 30.9 Å². The predicted molar refractivity (Wildman–Crippen MR) is 90.1 cm³/mol. The van der Waals surface area contributed by atoms with E-state index in [0.29, 0.717) is 17.8 Å². The van der Waals surface area contributed by atoms with Crippen molar-refractivity contribution >= 4 is 17.5 Å². The molecule has 0 fully saturated rings. The number of anilines is 1. The molecule has 0 aliphatic carbocycles. The van der Waals surface area contributed by atoms with E-state index < -0.39 is 0 Å². The van der Waals surface area contributed by atoms with Gasteiger partial charge in [0.15, 0.2) is 0 Å². The van der Waals surface area contributed by atoms with Gasteiger partial charge in [0.25, 0.3) is 5.91 Å². The number of rotatable bonds is 9. The molecule has 0 aromatic heterocycles. The van der Waals surface area contributed by atoms with Crippen molar-refractivity contribution in [3.8, 4) is 0 Å². The van der Waals surface area contributed by atoms with Gasteiger partial charge in [-0.3, -0.25) is 9.59 Å². The summed E-state index contributed by atoms with van der Waals surface area (Å²) in [6.45, 7) is 7.26. The molecule has 1 rings (SSSR count). The minimum absolute atomic E-state index is 0.0760. The first-order chi connectivity index (χ1) is 10.6. The summed E-state index contributed by atoms with van der Waals surface area (Å²) >= 11 is 0. The second kappa shape index (κ2) is 9.95. The highest BCUT2D eigenvalue weighted by Crippen LogP contribution is 2.09. The summed E-state index contributed by atoms with van der Waals surface area (Å²) in [7, 11) is 0. The molecule has 5 nitrogen and oxygen atoms in total. The van der Waals surface area contributed by atoms with Crippen molar-refractivity contribution in [3.63, 3.8) is 0 Å².